The van der Waals surface area contributed by atoms with Gasteiger partial charge in [0, 0.05) is 16.6 Å². The van der Waals surface area contributed by atoms with Crippen LogP contribution in [0.25, 0.3) is 0 Å². The summed E-state index contributed by atoms with van der Waals surface area (Å²) in [5.41, 5.74) is 1.51. The van der Waals surface area contributed by atoms with Gasteiger partial charge in [-0.2, -0.15) is 0 Å². The van der Waals surface area contributed by atoms with E-state index >= 15 is 0 Å². The molecule has 2 unspecified atom stereocenters. The summed E-state index contributed by atoms with van der Waals surface area (Å²) in [5, 5.41) is 13.6. The molecule has 4 rings (SSSR count). The predicted molar refractivity (Wildman–Crippen MR) is 113 cm³/mol. The molecule has 1 amide bonds. The number of carbonyl (C=O) groups is 2. The molecule has 5 heteroatoms. The Morgan fingerprint density at radius 3 is 2.24 bits per heavy atom. The van der Waals surface area contributed by atoms with E-state index in [-0.39, 0.29) is 17.9 Å². The molecule has 2 aromatic rings. The zero-order valence-corrected chi connectivity index (χ0v) is 17.2. The van der Waals surface area contributed by atoms with E-state index in [0.29, 0.717) is 28.3 Å². The summed E-state index contributed by atoms with van der Waals surface area (Å²) < 4.78 is 0. The quantitative estimate of drug-likeness (QED) is 0.674. The third kappa shape index (κ3) is 4.04. The fraction of sp³-hybridized carbons (Fsp3) is 0.417. The van der Waals surface area contributed by atoms with Gasteiger partial charge in [0.25, 0.3) is 5.91 Å². The van der Waals surface area contributed by atoms with E-state index in [1.54, 1.807) is 24.3 Å². The maximum Gasteiger partial charge on any atom is 0.311 e. The molecule has 0 spiro atoms. The zero-order chi connectivity index (χ0) is 20.5. The summed E-state index contributed by atoms with van der Waals surface area (Å²) in [5.74, 6) is 0.420. The van der Waals surface area contributed by atoms with Crippen molar-refractivity contribution in [3.63, 3.8) is 0 Å². The SMILES string of the molecule is CCC(NC(=O)c1ccc(Cl)cc1)[C@H]1[C@@H]2C[C@@H](C(C(=O)O)c3ccccc3)C[C@@H]21. The van der Waals surface area contributed by atoms with Crippen molar-refractivity contribution in [3.8, 4) is 0 Å². The highest BCUT2D eigenvalue weighted by Gasteiger charge is 2.60. The highest BCUT2D eigenvalue weighted by atomic mass is 35.5. The molecule has 0 aliphatic heterocycles. The number of amides is 1. The van der Waals surface area contributed by atoms with Crippen molar-refractivity contribution in [1.82, 2.24) is 5.32 Å². The van der Waals surface area contributed by atoms with E-state index in [4.69, 9.17) is 11.6 Å². The maximum absolute atomic E-state index is 12.6. The third-order valence-electron chi connectivity index (χ3n) is 6.77. The van der Waals surface area contributed by atoms with Crippen LogP contribution in [-0.2, 0) is 4.79 Å². The van der Waals surface area contributed by atoms with E-state index in [0.717, 1.165) is 24.8 Å². The van der Waals surface area contributed by atoms with Gasteiger partial charge in [-0.25, -0.2) is 0 Å². The van der Waals surface area contributed by atoms with Crippen LogP contribution in [0.1, 0.15) is 48.0 Å². The van der Waals surface area contributed by atoms with Crippen LogP contribution in [0, 0.1) is 23.7 Å². The summed E-state index contributed by atoms with van der Waals surface area (Å²) in [6.45, 7) is 2.10. The van der Waals surface area contributed by atoms with Crippen LogP contribution in [0.2, 0.25) is 5.02 Å². The van der Waals surface area contributed by atoms with Gasteiger partial charge in [0.05, 0.1) is 5.92 Å². The average Bonchev–Trinajstić information content (AvgIpc) is 3.20. The molecule has 0 aromatic heterocycles. The molecule has 2 aliphatic rings. The Morgan fingerprint density at radius 1 is 1.07 bits per heavy atom. The van der Waals surface area contributed by atoms with Gasteiger partial charge in [-0.15, -0.1) is 0 Å². The molecule has 0 radical (unpaired) electrons. The van der Waals surface area contributed by atoms with Crippen molar-refractivity contribution in [2.75, 3.05) is 0 Å². The number of fused-ring (bicyclic) bond motifs is 1. The van der Waals surface area contributed by atoms with Crippen molar-refractivity contribution in [2.24, 2.45) is 23.7 Å². The molecular weight excluding hydrogens is 386 g/mol. The van der Waals surface area contributed by atoms with Gasteiger partial charge in [-0.1, -0.05) is 48.9 Å². The van der Waals surface area contributed by atoms with Crippen LogP contribution in [0.4, 0.5) is 0 Å². The fourth-order valence-electron chi connectivity index (χ4n) is 5.40. The van der Waals surface area contributed by atoms with E-state index in [1.165, 1.54) is 0 Å². The summed E-state index contributed by atoms with van der Waals surface area (Å²) in [7, 11) is 0. The number of hydrogen-bond donors (Lipinski definition) is 2. The number of carboxylic acids is 1. The van der Waals surface area contributed by atoms with Crippen LogP contribution in [0.5, 0.6) is 0 Å². The zero-order valence-electron chi connectivity index (χ0n) is 16.4. The first-order valence-corrected chi connectivity index (χ1v) is 10.7. The monoisotopic (exact) mass is 411 g/mol. The Hall–Kier alpha value is -2.33. The summed E-state index contributed by atoms with van der Waals surface area (Å²) in [6.07, 6.45) is 2.73. The van der Waals surface area contributed by atoms with E-state index < -0.39 is 11.9 Å². The second-order valence-corrected chi connectivity index (χ2v) is 8.79. The molecule has 2 saturated carbocycles. The van der Waals surface area contributed by atoms with Crippen LogP contribution in [0.3, 0.4) is 0 Å². The number of halogens is 1. The standard InChI is InChI=1S/C24H26ClNO3/c1-2-20(26-23(27)15-8-10-17(25)11-9-15)22-18-12-16(13-19(18)22)21(24(28)29)14-6-4-3-5-7-14/h3-11,16,18-22H,2,12-13H2,1H3,(H,26,27)(H,28,29)/t16-,18-,19+,20?,21?,22+. The Kier molecular flexibility index (Phi) is 5.64. The minimum absolute atomic E-state index is 0.0669. The second kappa shape index (κ2) is 8.19. The topological polar surface area (TPSA) is 66.4 Å². The molecule has 29 heavy (non-hydrogen) atoms. The first kappa shape index (κ1) is 20.0. The van der Waals surface area contributed by atoms with E-state index in [1.807, 2.05) is 30.3 Å². The fourth-order valence-corrected chi connectivity index (χ4v) is 5.53. The highest BCUT2D eigenvalue weighted by molar-refractivity contribution is 6.30. The molecule has 0 bridgehead atoms. The van der Waals surface area contributed by atoms with Crippen molar-refractivity contribution < 1.29 is 14.7 Å². The lowest BCUT2D eigenvalue weighted by atomic mass is 9.81. The molecule has 2 aliphatic carbocycles. The first-order chi connectivity index (χ1) is 14.0. The Labute approximate surface area is 176 Å². The van der Waals surface area contributed by atoms with Gasteiger partial charge in [-0.3, -0.25) is 9.59 Å². The molecule has 2 N–H and O–H groups in total. The lowest BCUT2D eigenvalue weighted by Gasteiger charge is -2.25. The van der Waals surface area contributed by atoms with Crippen molar-refractivity contribution in [1.29, 1.82) is 0 Å². The highest BCUT2D eigenvalue weighted by Crippen LogP contribution is 2.63. The van der Waals surface area contributed by atoms with Gasteiger partial charge >= 0.3 is 5.97 Å². The van der Waals surface area contributed by atoms with Crippen LogP contribution in [-0.4, -0.2) is 23.0 Å². The number of benzene rings is 2. The lowest BCUT2D eigenvalue weighted by molar-refractivity contribution is -0.140. The summed E-state index contributed by atoms with van der Waals surface area (Å²) in [4.78, 5) is 24.5. The first-order valence-electron chi connectivity index (χ1n) is 10.3. The van der Waals surface area contributed by atoms with Crippen LogP contribution < -0.4 is 5.32 Å². The Morgan fingerprint density at radius 2 is 1.69 bits per heavy atom. The lowest BCUT2D eigenvalue weighted by Crippen LogP contribution is -2.37. The number of carbonyl (C=O) groups excluding carboxylic acids is 1. The molecule has 4 nitrogen and oxygen atoms in total. The second-order valence-electron chi connectivity index (χ2n) is 8.36. The van der Waals surface area contributed by atoms with Crippen molar-refractivity contribution >= 4 is 23.5 Å². The number of aliphatic carboxylic acids is 1. The maximum atomic E-state index is 12.6. The minimum atomic E-state index is -0.734. The molecule has 0 heterocycles. The Bertz CT molecular complexity index is 871. The van der Waals surface area contributed by atoms with Crippen LogP contribution >= 0.6 is 11.6 Å². The van der Waals surface area contributed by atoms with Gasteiger partial charge in [0.2, 0.25) is 0 Å². The summed E-state index contributed by atoms with van der Waals surface area (Å²) >= 11 is 5.91. The van der Waals surface area contributed by atoms with Crippen molar-refractivity contribution in [2.45, 2.75) is 38.1 Å². The number of hydrogen-bond acceptors (Lipinski definition) is 2. The number of rotatable bonds is 7. The smallest absolute Gasteiger partial charge is 0.311 e. The molecule has 0 saturated heterocycles. The molecule has 2 aromatic carbocycles. The number of carboxylic acid groups (broad SMARTS) is 1. The van der Waals surface area contributed by atoms with Crippen molar-refractivity contribution in [3.05, 3.63) is 70.7 Å². The molecule has 2 fully saturated rings. The normalized spacial score (nSPS) is 27.0. The Balaban J connectivity index is 1.39. The van der Waals surface area contributed by atoms with E-state index in [9.17, 15) is 14.7 Å². The molecular formula is C24H26ClNO3. The van der Waals surface area contributed by atoms with Gasteiger partial charge < -0.3 is 10.4 Å². The van der Waals surface area contributed by atoms with E-state index in [2.05, 4.69) is 12.2 Å². The summed E-state index contributed by atoms with van der Waals surface area (Å²) in [6, 6.07) is 16.6. The molecule has 152 valence electrons. The van der Waals surface area contributed by atoms with Crippen LogP contribution in [0.15, 0.2) is 54.6 Å². The van der Waals surface area contributed by atoms with Gasteiger partial charge in [-0.05, 0) is 72.8 Å². The largest absolute Gasteiger partial charge is 0.481 e. The predicted octanol–water partition coefficient (Wildman–Crippen LogP) is 4.99. The number of nitrogens with one attached hydrogen (secondary N) is 1. The minimum Gasteiger partial charge on any atom is -0.481 e. The average molecular weight is 412 g/mol. The van der Waals surface area contributed by atoms with Gasteiger partial charge in [0.15, 0.2) is 0 Å². The third-order valence-corrected chi connectivity index (χ3v) is 7.02. The van der Waals surface area contributed by atoms with Gasteiger partial charge in [0.1, 0.15) is 0 Å². The molecule has 6 atom stereocenters.